The van der Waals surface area contributed by atoms with Gasteiger partial charge in [-0.2, -0.15) is 0 Å². The molecule has 0 fully saturated rings. The van der Waals surface area contributed by atoms with Crippen LogP contribution < -0.4 is 0 Å². The summed E-state index contributed by atoms with van der Waals surface area (Å²) in [6, 6.07) is 0. The Morgan fingerprint density at radius 1 is 0.320 bits per heavy atom. The summed E-state index contributed by atoms with van der Waals surface area (Å²) in [6.45, 7) is 0. The predicted octanol–water partition coefficient (Wildman–Crippen LogP) is 10.5. The summed E-state index contributed by atoms with van der Waals surface area (Å²) in [5.41, 5.74) is 0. The first-order valence-electron chi connectivity index (χ1n) is 5.34. The molecule has 0 saturated heterocycles. The summed E-state index contributed by atoms with van der Waals surface area (Å²) in [6.07, 6.45) is 0. The molecule has 0 aliphatic heterocycles. The summed E-state index contributed by atoms with van der Waals surface area (Å²) < 4.78 is 0. The molecule has 0 bridgehead atoms. The average molecular weight is 630 g/mol. The minimum atomic E-state index is 0. The molecular weight excluding hydrogens is 628 g/mol. The van der Waals surface area contributed by atoms with Crippen LogP contribution in [-0.2, 0) is 19.5 Å². The maximum Gasteiger partial charge on any atom is 0.0809 e. The Hall–Kier alpha value is 2.66. The average Bonchev–Trinajstić information content (AvgIpc) is 2.58. The third-order valence-electron chi connectivity index (χ3n) is 2.37. The molecule has 0 aliphatic rings. The molecule has 0 unspecified atom stereocenters. The molecule has 134 valence electrons. The zero-order chi connectivity index (χ0) is 18.9. The van der Waals surface area contributed by atoms with E-state index in [0.29, 0.717) is 9.79 Å². The first-order chi connectivity index (χ1) is 10.9. The largest absolute Gasteiger partial charge is 0.140 e. The second-order valence-electron chi connectivity index (χ2n) is 3.84. The first kappa shape index (κ1) is 27.7. The number of hydrogen-bond donors (Lipinski definition) is 2. The van der Waals surface area contributed by atoms with Gasteiger partial charge in [-0.3, -0.25) is 0 Å². The molecule has 25 heavy (non-hydrogen) atoms. The number of thiol groups is 2. The van der Waals surface area contributed by atoms with Gasteiger partial charge in [0.1, 0.15) is 0 Å². The Labute approximate surface area is 218 Å². The van der Waals surface area contributed by atoms with Crippen molar-refractivity contribution >= 4 is 141 Å². The monoisotopic (exact) mass is 624 g/mol. The first-order valence-corrected chi connectivity index (χ1v) is 10.0. The standard InChI is InChI=1S/2C6HCl5S.Zn/c2*7-1-2(8)4(10)6(12)5(11)3(1)9;/h2*12H;. The second kappa shape index (κ2) is 11.7. The van der Waals surface area contributed by atoms with Gasteiger partial charge < -0.3 is 0 Å². The second-order valence-corrected chi connectivity index (χ2v) is 8.51. The molecule has 2 aromatic carbocycles. The van der Waals surface area contributed by atoms with Crippen LogP contribution in [-0.4, -0.2) is 0 Å². The zero-order valence-corrected chi connectivity index (χ0v) is 23.7. The fourth-order valence-corrected chi connectivity index (χ4v) is 4.17. The summed E-state index contributed by atoms with van der Waals surface area (Å²) in [5, 5.41) is 1.78. The van der Waals surface area contributed by atoms with E-state index in [-0.39, 0.29) is 69.7 Å². The summed E-state index contributed by atoms with van der Waals surface area (Å²) >= 11 is 65.1. The van der Waals surface area contributed by atoms with Crippen LogP contribution in [0.5, 0.6) is 0 Å². The number of halogens is 10. The minimum absolute atomic E-state index is 0. The van der Waals surface area contributed by atoms with Crippen molar-refractivity contribution in [3.05, 3.63) is 50.2 Å². The molecule has 2 aromatic rings. The fourth-order valence-electron chi connectivity index (χ4n) is 1.19. The molecule has 2 rings (SSSR count). The molecule has 0 saturated carbocycles. The maximum absolute atomic E-state index is 5.72. The van der Waals surface area contributed by atoms with Gasteiger partial charge in [0.25, 0.3) is 0 Å². The van der Waals surface area contributed by atoms with Gasteiger partial charge >= 0.3 is 0 Å². The topological polar surface area (TPSA) is 0 Å². The molecular formula is C12H2Cl10S2Zn. The molecule has 0 N–H and O–H groups in total. The number of rotatable bonds is 0. The smallest absolute Gasteiger partial charge is 0.0809 e. The Kier molecular flexibility index (Phi) is 13.0. The van der Waals surface area contributed by atoms with Gasteiger partial charge in [-0.25, -0.2) is 0 Å². The Morgan fingerprint density at radius 2 is 0.440 bits per heavy atom. The fraction of sp³-hybridized carbons (Fsp3) is 0. The van der Waals surface area contributed by atoms with Crippen LogP contribution in [0.3, 0.4) is 0 Å². The quantitative estimate of drug-likeness (QED) is 0.123. The third kappa shape index (κ3) is 6.32. The van der Waals surface area contributed by atoms with Gasteiger partial charge in [0, 0.05) is 29.3 Å². The van der Waals surface area contributed by atoms with E-state index in [0.717, 1.165) is 0 Å². The molecule has 0 heterocycles. The van der Waals surface area contributed by atoms with Crippen molar-refractivity contribution in [3.63, 3.8) is 0 Å². The molecule has 13 heteroatoms. The Bertz CT molecular complexity index is 534. The van der Waals surface area contributed by atoms with Gasteiger partial charge in [0.2, 0.25) is 0 Å². The van der Waals surface area contributed by atoms with E-state index in [4.69, 9.17) is 116 Å². The van der Waals surface area contributed by atoms with Crippen LogP contribution >= 0.6 is 141 Å². The Morgan fingerprint density at radius 3 is 0.600 bits per heavy atom. The van der Waals surface area contributed by atoms with E-state index < -0.39 is 0 Å². The van der Waals surface area contributed by atoms with Crippen molar-refractivity contribution in [1.82, 2.24) is 0 Å². The summed E-state index contributed by atoms with van der Waals surface area (Å²) in [5.74, 6) is 0. The van der Waals surface area contributed by atoms with Crippen LogP contribution in [0.15, 0.2) is 9.79 Å². The third-order valence-corrected chi connectivity index (χ3v) is 8.35. The van der Waals surface area contributed by atoms with Crippen molar-refractivity contribution in [3.8, 4) is 0 Å². The number of benzene rings is 2. The predicted molar refractivity (Wildman–Crippen MR) is 117 cm³/mol. The van der Waals surface area contributed by atoms with Gasteiger partial charge in [-0.1, -0.05) is 116 Å². The van der Waals surface area contributed by atoms with Gasteiger partial charge in [0.15, 0.2) is 0 Å². The summed E-state index contributed by atoms with van der Waals surface area (Å²) in [7, 11) is 0. The van der Waals surface area contributed by atoms with E-state index in [1.807, 2.05) is 0 Å². The van der Waals surface area contributed by atoms with Crippen molar-refractivity contribution < 1.29 is 19.5 Å². The van der Waals surface area contributed by atoms with Crippen molar-refractivity contribution in [2.24, 2.45) is 0 Å². The van der Waals surface area contributed by atoms with E-state index in [9.17, 15) is 0 Å². The molecule has 0 atom stereocenters. The van der Waals surface area contributed by atoms with Crippen LogP contribution in [0, 0.1) is 0 Å². The normalized spacial score (nSPS) is 10.1. The maximum atomic E-state index is 5.72. The molecule has 0 amide bonds. The van der Waals surface area contributed by atoms with Crippen molar-refractivity contribution in [2.45, 2.75) is 9.79 Å². The minimum Gasteiger partial charge on any atom is -0.140 e. The van der Waals surface area contributed by atoms with E-state index >= 15 is 0 Å². The number of hydrogen-bond acceptors (Lipinski definition) is 2. The van der Waals surface area contributed by atoms with Crippen molar-refractivity contribution in [1.29, 1.82) is 0 Å². The molecule has 0 spiro atoms. The molecule has 0 aromatic heterocycles. The van der Waals surface area contributed by atoms with Crippen LogP contribution in [0.25, 0.3) is 0 Å². The van der Waals surface area contributed by atoms with Crippen LogP contribution in [0.4, 0.5) is 0 Å². The van der Waals surface area contributed by atoms with E-state index in [2.05, 4.69) is 25.3 Å². The van der Waals surface area contributed by atoms with Gasteiger partial charge in [-0.15, -0.1) is 25.3 Å². The van der Waals surface area contributed by atoms with Crippen LogP contribution in [0.2, 0.25) is 50.2 Å². The van der Waals surface area contributed by atoms with Gasteiger partial charge in [-0.05, 0) is 0 Å². The van der Waals surface area contributed by atoms with E-state index in [1.165, 1.54) is 0 Å². The SMILES string of the molecule is Sc1c(Cl)c(Cl)c(Cl)c(Cl)c1Cl.Sc1c(Cl)c(Cl)c(Cl)c(Cl)c1Cl.[Zn]. The van der Waals surface area contributed by atoms with Crippen molar-refractivity contribution in [2.75, 3.05) is 0 Å². The van der Waals surface area contributed by atoms with Gasteiger partial charge in [0.05, 0.1) is 50.2 Å². The van der Waals surface area contributed by atoms with E-state index in [1.54, 1.807) is 0 Å². The summed E-state index contributed by atoms with van der Waals surface area (Å²) in [4.78, 5) is 0.662. The molecule has 0 radical (unpaired) electrons. The molecule has 0 aliphatic carbocycles. The zero-order valence-electron chi connectivity index (χ0n) is 11.4. The molecule has 0 nitrogen and oxygen atoms in total. The van der Waals surface area contributed by atoms with Crippen LogP contribution in [0.1, 0.15) is 0 Å². The Balaban J connectivity index is 0.000000443.